The second-order valence-corrected chi connectivity index (χ2v) is 10.6. The number of rotatable bonds is 13. The van der Waals surface area contributed by atoms with Crippen LogP contribution in [0.2, 0.25) is 0 Å². The molecule has 212 valence electrons. The van der Waals surface area contributed by atoms with Crippen molar-refractivity contribution < 1.29 is 27.7 Å². The Labute approximate surface area is 231 Å². The predicted octanol–water partition coefficient (Wildman–Crippen LogP) is 4.75. The number of hydrogen-bond donors (Lipinski definition) is 1. The number of hydrogen-bond acceptors (Lipinski definition) is 7. The minimum absolute atomic E-state index is 0.0601. The van der Waals surface area contributed by atoms with Crippen molar-refractivity contribution >= 4 is 21.8 Å². The molecule has 0 atom stereocenters. The lowest BCUT2D eigenvalue weighted by Crippen LogP contribution is -2.50. The molecule has 1 aromatic carbocycles. The number of halogens is 2. The maximum Gasteiger partial charge on any atom is 0.293 e. The molecule has 0 radical (unpaired) electrons. The van der Waals surface area contributed by atoms with Gasteiger partial charge in [0.05, 0.1) is 17.7 Å². The average Bonchev–Trinajstić information content (AvgIpc) is 3.19. The Hall–Kier alpha value is -3.18. The lowest BCUT2D eigenvalue weighted by molar-refractivity contribution is -0.144. The van der Waals surface area contributed by atoms with Crippen LogP contribution in [0, 0.1) is 0 Å². The number of aryl methyl sites for hydroxylation is 1. The van der Waals surface area contributed by atoms with Gasteiger partial charge in [0.15, 0.2) is 0 Å². The molecule has 2 fully saturated rings. The molecule has 0 amide bonds. The number of nitrogens with one attached hydrogen (secondary N) is 1. The van der Waals surface area contributed by atoms with Crippen molar-refractivity contribution in [2.45, 2.75) is 43.5 Å². The summed E-state index contributed by atoms with van der Waals surface area (Å²) in [5.74, 6) is -2.38. The molecule has 4 heterocycles. The molecule has 3 aromatic heterocycles. The summed E-state index contributed by atoms with van der Waals surface area (Å²) in [6.07, 6.45) is 7.75. The van der Waals surface area contributed by atoms with E-state index in [2.05, 4.69) is 45.1 Å². The molecule has 1 saturated carbocycles. The van der Waals surface area contributed by atoms with Crippen LogP contribution in [0.5, 0.6) is 5.88 Å². The SMILES string of the molecule is Cn1c2ccncc2c2ccc(-c3ccc(O[C@H]4C[C@H](OCCCOCC(F)(F)COC5CNC5)C4)nc3)cc21. The third-order valence-corrected chi connectivity index (χ3v) is 7.59. The van der Waals surface area contributed by atoms with Gasteiger partial charge in [-0.15, -0.1) is 0 Å². The quantitative estimate of drug-likeness (QED) is 0.240. The summed E-state index contributed by atoms with van der Waals surface area (Å²) in [7, 11) is 2.07. The van der Waals surface area contributed by atoms with Crippen molar-refractivity contribution in [3.8, 4) is 17.0 Å². The Morgan fingerprint density at radius 3 is 2.52 bits per heavy atom. The van der Waals surface area contributed by atoms with Gasteiger partial charge >= 0.3 is 0 Å². The van der Waals surface area contributed by atoms with Crippen LogP contribution in [-0.4, -0.2) is 78.3 Å². The molecule has 6 rings (SSSR count). The van der Waals surface area contributed by atoms with Crippen LogP contribution in [-0.2, 0) is 21.3 Å². The van der Waals surface area contributed by atoms with E-state index in [-0.39, 0.29) is 24.9 Å². The lowest BCUT2D eigenvalue weighted by Gasteiger charge is -2.34. The third-order valence-electron chi connectivity index (χ3n) is 7.59. The topological polar surface area (TPSA) is 79.7 Å². The Bertz CT molecular complexity index is 1440. The molecule has 8 nitrogen and oxygen atoms in total. The van der Waals surface area contributed by atoms with Gasteiger partial charge in [0.25, 0.3) is 5.92 Å². The van der Waals surface area contributed by atoms with E-state index in [1.165, 1.54) is 5.39 Å². The van der Waals surface area contributed by atoms with E-state index >= 15 is 0 Å². The number of pyridine rings is 2. The zero-order valence-corrected chi connectivity index (χ0v) is 22.5. The Morgan fingerprint density at radius 2 is 1.75 bits per heavy atom. The van der Waals surface area contributed by atoms with Crippen molar-refractivity contribution in [2.24, 2.45) is 7.05 Å². The highest BCUT2D eigenvalue weighted by atomic mass is 19.3. The minimum Gasteiger partial charge on any atom is -0.474 e. The summed E-state index contributed by atoms with van der Waals surface area (Å²) in [6.45, 7) is 0.731. The number of benzene rings is 1. The number of ether oxygens (including phenoxy) is 4. The molecule has 10 heteroatoms. The molecule has 40 heavy (non-hydrogen) atoms. The van der Waals surface area contributed by atoms with E-state index in [9.17, 15) is 8.78 Å². The fourth-order valence-corrected chi connectivity index (χ4v) is 5.07. The highest BCUT2D eigenvalue weighted by molar-refractivity contribution is 6.08. The first-order valence-corrected chi connectivity index (χ1v) is 13.8. The van der Waals surface area contributed by atoms with Gasteiger partial charge in [-0.05, 0) is 30.2 Å². The summed E-state index contributed by atoms with van der Waals surface area (Å²) >= 11 is 0. The second kappa shape index (κ2) is 11.7. The van der Waals surface area contributed by atoms with Crippen molar-refractivity contribution in [3.05, 3.63) is 55.0 Å². The molecule has 0 bridgehead atoms. The van der Waals surface area contributed by atoms with Crippen LogP contribution in [0.25, 0.3) is 32.9 Å². The van der Waals surface area contributed by atoms with E-state index < -0.39 is 19.1 Å². The van der Waals surface area contributed by atoms with Crippen LogP contribution in [0.1, 0.15) is 19.3 Å². The number of alkyl halides is 2. The van der Waals surface area contributed by atoms with E-state index in [1.54, 1.807) is 0 Å². The molecule has 1 N–H and O–H groups in total. The van der Waals surface area contributed by atoms with Crippen LogP contribution in [0.15, 0.2) is 55.0 Å². The molecular formula is C30H34F2N4O4. The lowest BCUT2D eigenvalue weighted by atomic mass is 9.92. The molecule has 0 spiro atoms. The molecule has 1 aliphatic heterocycles. The highest BCUT2D eigenvalue weighted by Gasteiger charge is 2.33. The zero-order valence-electron chi connectivity index (χ0n) is 22.5. The van der Waals surface area contributed by atoms with Gasteiger partial charge in [-0.25, -0.2) is 13.8 Å². The van der Waals surface area contributed by atoms with E-state index in [0.717, 1.165) is 40.4 Å². The summed E-state index contributed by atoms with van der Waals surface area (Å²) < 4.78 is 51.8. The fraction of sp³-hybridized carbons (Fsp3) is 0.467. The van der Waals surface area contributed by atoms with Gasteiger partial charge in [-0.1, -0.05) is 12.1 Å². The summed E-state index contributed by atoms with van der Waals surface area (Å²) in [5, 5.41) is 5.31. The first-order valence-electron chi connectivity index (χ1n) is 13.8. The zero-order chi connectivity index (χ0) is 27.5. The minimum atomic E-state index is -2.97. The number of nitrogens with zero attached hydrogens (tertiary/aromatic N) is 3. The maximum atomic E-state index is 13.8. The molecule has 4 aromatic rings. The van der Waals surface area contributed by atoms with Crippen molar-refractivity contribution in [1.82, 2.24) is 19.9 Å². The molecule has 2 aliphatic rings. The van der Waals surface area contributed by atoms with Gasteiger partial charge in [-0.2, -0.15) is 0 Å². The highest BCUT2D eigenvalue weighted by Crippen LogP contribution is 2.32. The molecular weight excluding hydrogens is 518 g/mol. The number of fused-ring (bicyclic) bond motifs is 3. The number of aromatic nitrogens is 3. The van der Waals surface area contributed by atoms with Gasteiger partial charge in [0, 0.05) is 92.7 Å². The van der Waals surface area contributed by atoms with Crippen molar-refractivity contribution in [1.29, 1.82) is 0 Å². The van der Waals surface area contributed by atoms with E-state index in [4.69, 9.17) is 18.9 Å². The van der Waals surface area contributed by atoms with Gasteiger partial charge in [0.1, 0.15) is 19.3 Å². The summed E-state index contributed by atoms with van der Waals surface area (Å²) in [6, 6.07) is 12.4. The van der Waals surface area contributed by atoms with Crippen LogP contribution in [0.3, 0.4) is 0 Å². The van der Waals surface area contributed by atoms with Crippen LogP contribution in [0.4, 0.5) is 8.78 Å². The van der Waals surface area contributed by atoms with Crippen molar-refractivity contribution in [3.63, 3.8) is 0 Å². The smallest absolute Gasteiger partial charge is 0.293 e. The van der Waals surface area contributed by atoms with E-state index in [0.29, 0.717) is 32.0 Å². The fourth-order valence-electron chi connectivity index (χ4n) is 5.07. The molecule has 0 unspecified atom stereocenters. The average molecular weight is 553 g/mol. The second-order valence-electron chi connectivity index (χ2n) is 10.6. The normalized spacial score (nSPS) is 19.6. The van der Waals surface area contributed by atoms with Gasteiger partial charge < -0.3 is 28.8 Å². The first kappa shape index (κ1) is 27.0. The Kier molecular flexibility index (Phi) is 7.93. The Balaban J connectivity index is 0.901. The van der Waals surface area contributed by atoms with Crippen LogP contribution >= 0.6 is 0 Å². The van der Waals surface area contributed by atoms with E-state index in [1.807, 2.05) is 36.8 Å². The standard InChI is InChI=1S/C30H34F2N4O4/c1-36-27-7-8-33-17-26(27)25-5-3-20(11-28(25)36)21-4-6-29(35-14-21)40-23-12-22(13-23)38-10-2-9-37-18-30(31,32)19-39-24-15-34-16-24/h3-8,11,14,17,22-24,34H,2,9-10,12-13,15-16,18-19H2,1H3/t22-,23-. The largest absolute Gasteiger partial charge is 0.474 e. The van der Waals surface area contributed by atoms with Gasteiger partial charge in [-0.3, -0.25) is 4.98 Å². The maximum absolute atomic E-state index is 13.8. The van der Waals surface area contributed by atoms with Gasteiger partial charge in [0.2, 0.25) is 5.88 Å². The molecule has 1 saturated heterocycles. The summed E-state index contributed by atoms with van der Waals surface area (Å²) in [4.78, 5) is 8.80. The summed E-state index contributed by atoms with van der Waals surface area (Å²) in [5.41, 5.74) is 4.42. The Morgan fingerprint density at radius 1 is 0.900 bits per heavy atom. The third kappa shape index (κ3) is 6.10. The predicted molar refractivity (Wildman–Crippen MR) is 148 cm³/mol. The van der Waals surface area contributed by atoms with Crippen LogP contribution < -0.4 is 10.1 Å². The van der Waals surface area contributed by atoms with Crippen molar-refractivity contribution in [2.75, 3.05) is 39.5 Å². The molecule has 1 aliphatic carbocycles. The first-order chi connectivity index (χ1) is 19.4. The monoisotopic (exact) mass is 552 g/mol.